The third-order valence-corrected chi connectivity index (χ3v) is 2.22. The number of hydrogen-bond acceptors (Lipinski definition) is 2. The van der Waals surface area contributed by atoms with Crippen LogP contribution in [0.15, 0.2) is 0 Å². The first-order valence-corrected chi connectivity index (χ1v) is 4.72. The van der Waals surface area contributed by atoms with E-state index < -0.39 is 0 Å². The van der Waals surface area contributed by atoms with Gasteiger partial charge in [-0.05, 0) is 18.8 Å². The van der Waals surface area contributed by atoms with Crippen LogP contribution in [0.2, 0.25) is 0 Å². The molecule has 1 saturated heterocycles. The zero-order valence-corrected chi connectivity index (χ0v) is 8.50. The van der Waals surface area contributed by atoms with Gasteiger partial charge in [0.2, 0.25) is 0 Å². The van der Waals surface area contributed by atoms with Gasteiger partial charge in [-0.1, -0.05) is 20.8 Å². The standard InChI is InChI=1S/C10H20O2/c1-7-5-8(11)9(12-7)6-10(2,3)4/h7-9,11H,5-6H2,1-4H3/t7-,8-,9+/m1/s1. The number of rotatable bonds is 1. The lowest BCUT2D eigenvalue weighted by atomic mass is 9.87. The van der Waals surface area contributed by atoms with E-state index in [0.29, 0.717) is 0 Å². The van der Waals surface area contributed by atoms with Crippen molar-refractivity contribution < 1.29 is 9.84 Å². The Labute approximate surface area is 74.9 Å². The van der Waals surface area contributed by atoms with Crippen molar-refractivity contribution in [1.82, 2.24) is 0 Å². The maximum absolute atomic E-state index is 9.60. The molecule has 1 N–H and O–H groups in total. The Morgan fingerprint density at radius 1 is 1.42 bits per heavy atom. The molecule has 1 heterocycles. The summed E-state index contributed by atoms with van der Waals surface area (Å²) in [7, 11) is 0. The molecule has 1 fully saturated rings. The molecule has 3 atom stereocenters. The molecule has 12 heavy (non-hydrogen) atoms. The molecule has 0 bridgehead atoms. The topological polar surface area (TPSA) is 29.5 Å². The Kier molecular flexibility index (Phi) is 2.79. The van der Waals surface area contributed by atoms with Crippen LogP contribution >= 0.6 is 0 Å². The molecule has 0 aromatic heterocycles. The molecule has 0 aromatic carbocycles. The van der Waals surface area contributed by atoms with Crippen LogP contribution in [-0.4, -0.2) is 23.4 Å². The number of hydrogen-bond donors (Lipinski definition) is 1. The molecule has 2 nitrogen and oxygen atoms in total. The van der Waals surface area contributed by atoms with Gasteiger partial charge in [-0.2, -0.15) is 0 Å². The predicted octanol–water partition coefficient (Wildman–Crippen LogP) is 1.96. The maximum Gasteiger partial charge on any atom is 0.0843 e. The fourth-order valence-electron chi connectivity index (χ4n) is 1.72. The molecule has 0 radical (unpaired) electrons. The second-order valence-electron chi connectivity index (χ2n) is 5.05. The van der Waals surface area contributed by atoms with Gasteiger partial charge >= 0.3 is 0 Å². The summed E-state index contributed by atoms with van der Waals surface area (Å²) < 4.78 is 5.60. The van der Waals surface area contributed by atoms with E-state index in [2.05, 4.69) is 20.8 Å². The third kappa shape index (κ3) is 2.76. The van der Waals surface area contributed by atoms with E-state index >= 15 is 0 Å². The Bertz CT molecular complexity index is 148. The van der Waals surface area contributed by atoms with Gasteiger partial charge < -0.3 is 9.84 Å². The molecule has 1 aliphatic rings. The average molecular weight is 172 g/mol. The van der Waals surface area contributed by atoms with Gasteiger partial charge in [0.15, 0.2) is 0 Å². The summed E-state index contributed by atoms with van der Waals surface area (Å²) in [6, 6.07) is 0. The lowest BCUT2D eigenvalue weighted by Crippen LogP contribution is -2.26. The molecular weight excluding hydrogens is 152 g/mol. The van der Waals surface area contributed by atoms with Crippen LogP contribution in [0, 0.1) is 5.41 Å². The average Bonchev–Trinajstić information content (AvgIpc) is 2.06. The third-order valence-electron chi connectivity index (χ3n) is 2.22. The van der Waals surface area contributed by atoms with Crippen molar-refractivity contribution in [1.29, 1.82) is 0 Å². The maximum atomic E-state index is 9.60. The van der Waals surface area contributed by atoms with E-state index in [0.717, 1.165) is 12.8 Å². The molecular formula is C10H20O2. The van der Waals surface area contributed by atoms with E-state index in [1.807, 2.05) is 6.92 Å². The molecule has 0 unspecified atom stereocenters. The van der Waals surface area contributed by atoms with Gasteiger partial charge in [0, 0.05) is 6.42 Å². The van der Waals surface area contributed by atoms with Gasteiger partial charge in [0.05, 0.1) is 18.3 Å². The van der Waals surface area contributed by atoms with Gasteiger partial charge in [0.25, 0.3) is 0 Å². The largest absolute Gasteiger partial charge is 0.390 e. The van der Waals surface area contributed by atoms with Crippen LogP contribution in [0.1, 0.15) is 40.5 Å². The van der Waals surface area contributed by atoms with Crippen LogP contribution in [0.3, 0.4) is 0 Å². The summed E-state index contributed by atoms with van der Waals surface area (Å²) in [5, 5.41) is 9.60. The lowest BCUT2D eigenvalue weighted by Gasteiger charge is -2.24. The Morgan fingerprint density at radius 2 is 2.00 bits per heavy atom. The first kappa shape index (κ1) is 10.0. The zero-order chi connectivity index (χ0) is 9.35. The highest BCUT2D eigenvalue weighted by Crippen LogP contribution is 2.30. The van der Waals surface area contributed by atoms with Crippen LogP contribution in [0.5, 0.6) is 0 Å². The second kappa shape index (κ2) is 3.35. The molecule has 0 aromatic rings. The van der Waals surface area contributed by atoms with E-state index in [-0.39, 0.29) is 23.7 Å². The summed E-state index contributed by atoms with van der Waals surface area (Å²) in [5.41, 5.74) is 0.246. The van der Waals surface area contributed by atoms with Gasteiger partial charge in [0.1, 0.15) is 0 Å². The van der Waals surface area contributed by atoms with E-state index in [1.54, 1.807) is 0 Å². The zero-order valence-electron chi connectivity index (χ0n) is 8.50. The first-order valence-electron chi connectivity index (χ1n) is 4.72. The van der Waals surface area contributed by atoms with Crippen LogP contribution in [0.25, 0.3) is 0 Å². The van der Waals surface area contributed by atoms with Crippen molar-refractivity contribution in [2.24, 2.45) is 5.41 Å². The molecule has 1 rings (SSSR count). The SMILES string of the molecule is C[C@@H]1C[C@@H](O)[C@H](CC(C)(C)C)O1. The van der Waals surface area contributed by atoms with Gasteiger partial charge in [-0.3, -0.25) is 0 Å². The summed E-state index contributed by atoms with van der Waals surface area (Å²) >= 11 is 0. The minimum atomic E-state index is -0.251. The predicted molar refractivity (Wildman–Crippen MR) is 49.0 cm³/mol. The van der Waals surface area contributed by atoms with Crippen LogP contribution in [-0.2, 0) is 4.74 Å². The fraction of sp³-hybridized carbons (Fsp3) is 1.00. The molecule has 0 spiro atoms. The minimum absolute atomic E-state index is 0.0556. The molecule has 0 aliphatic carbocycles. The summed E-state index contributed by atoms with van der Waals surface area (Å²) in [6.07, 6.45) is 1.77. The van der Waals surface area contributed by atoms with Crippen molar-refractivity contribution in [2.45, 2.75) is 58.8 Å². The van der Waals surface area contributed by atoms with Crippen LogP contribution in [0.4, 0.5) is 0 Å². The fourth-order valence-corrected chi connectivity index (χ4v) is 1.72. The number of ether oxygens (including phenoxy) is 1. The summed E-state index contributed by atoms with van der Waals surface area (Å²) in [4.78, 5) is 0. The highest BCUT2D eigenvalue weighted by Gasteiger charge is 2.33. The molecule has 72 valence electrons. The summed E-state index contributed by atoms with van der Waals surface area (Å²) in [5.74, 6) is 0. The van der Waals surface area contributed by atoms with Gasteiger partial charge in [-0.15, -0.1) is 0 Å². The molecule has 0 saturated carbocycles. The number of aliphatic hydroxyl groups is 1. The Morgan fingerprint density at radius 3 is 2.33 bits per heavy atom. The van der Waals surface area contributed by atoms with Crippen molar-refractivity contribution in [3.63, 3.8) is 0 Å². The van der Waals surface area contributed by atoms with Crippen LogP contribution < -0.4 is 0 Å². The Balaban J connectivity index is 2.43. The van der Waals surface area contributed by atoms with E-state index in [9.17, 15) is 5.11 Å². The monoisotopic (exact) mass is 172 g/mol. The second-order valence-corrected chi connectivity index (χ2v) is 5.05. The lowest BCUT2D eigenvalue weighted by molar-refractivity contribution is -0.00694. The highest BCUT2D eigenvalue weighted by molar-refractivity contribution is 4.83. The van der Waals surface area contributed by atoms with Crippen molar-refractivity contribution in [3.8, 4) is 0 Å². The smallest absolute Gasteiger partial charge is 0.0843 e. The minimum Gasteiger partial charge on any atom is -0.390 e. The quantitative estimate of drug-likeness (QED) is 0.655. The molecule has 0 amide bonds. The van der Waals surface area contributed by atoms with Crippen molar-refractivity contribution in [3.05, 3.63) is 0 Å². The number of aliphatic hydroxyl groups excluding tert-OH is 1. The van der Waals surface area contributed by atoms with Crippen molar-refractivity contribution in [2.75, 3.05) is 0 Å². The Hall–Kier alpha value is -0.0800. The molecule has 2 heteroatoms. The highest BCUT2D eigenvalue weighted by atomic mass is 16.5. The normalized spacial score (nSPS) is 37.2. The molecule has 1 aliphatic heterocycles. The van der Waals surface area contributed by atoms with Crippen molar-refractivity contribution >= 4 is 0 Å². The van der Waals surface area contributed by atoms with E-state index in [1.165, 1.54) is 0 Å². The van der Waals surface area contributed by atoms with Gasteiger partial charge in [-0.25, -0.2) is 0 Å². The summed E-state index contributed by atoms with van der Waals surface area (Å²) in [6.45, 7) is 8.54. The van der Waals surface area contributed by atoms with E-state index in [4.69, 9.17) is 4.74 Å². The first-order chi connectivity index (χ1) is 5.38.